The Morgan fingerprint density at radius 1 is 1.50 bits per heavy atom. The van der Waals surface area contributed by atoms with Crippen LogP contribution in [0.5, 0.6) is 0 Å². The van der Waals surface area contributed by atoms with Gasteiger partial charge in [0.2, 0.25) is 11.8 Å². The lowest BCUT2D eigenvalue weighted by molar-refractivity contribution is -0.149. The maximum atomic E-state index is 11.5. The quantitative estimate of drug-likeness (QED) is 0.551. The monoisotopic (exact) mass is 214 g/mol. The molecular weight excluding hydrogens is 200 g/mol. The van der Waals surface area contributed by atoms with E-state index in [0.29, 0.717) is 25.7 Å². The van der Waals surface area contributed by atoms with Gasteiger partial charge in [0.05, 0.1) is 11.0 Å². The van der Waals surface area contributed by atoms with Crippen LogP contribution in [0.15, 0.2) is 0 Å². The van der Waals surface area contributed by atoms with E-state index in [2.05, 4.69) is 0 Å². The molecule has 0 radical (unpaired) electrons. The topological polar surface area (TPSA) is 63.4 Å². The van der Waals surface area contributed by atoms with E-state index in [-0.39, 0.29) is 16.8 Å². The lowest BCUT2D eigenvalue weighted by Crippen LogP contribution is -2.51. The largest absolute Gasteiger partial charge is 0.392 e. The zero-order chi connectivity index (χ0) is 10.7. The van der Waals surface area contributed by atoms with Crippen molar-refractivity contribution in [2.45, 2.75) is 38.6 Å². The van der Waals surface area contributed by atoms with Crippen LogP contribution < -0.4 is 5.73 Å². The highest BCUT2D eigenvalue weighted by Crippen LogP contribution is 2.17. The van der Waals surface area contributed by atoms with Gasteiger partial charge < -0.3 is 5.73 Å². The highest BCUT2D eigenvalue weighted by Gasteiger charge is 2.32. The Morgan fingerprint density at radius 2 is 2.00 bits per heavy atom. The van der Waals surface area contributed by atoms with Crippen molar-refractivity contribution in [1.82, 2.24) is 4.90 Å². The summed E-state index contributed by atoms with van der Waals surface area (Å²) in [6.45, 7) is 1.86. The lowest BCUT2D eigenvalue weighted by atomic mass is 10.1. The van der Waals surface area contributed by atoms with E-state index in [1.165, 1.54) is 4.90 Å². The summed E-state index contributed by atoms with van der Waals surface area (Å²) in [5.74, 6) is -0.304. The molecule has 1 fully saturated rings. The van der Waals surface area contributed by atoms with Crippen LogP contribution >= 0.6 is 12.2 Å². The number of rotatable bonds is 3. The number of carbonyl (C=O) groups excluding carboxylic acids is 2. The first-order valence-corrected chi connectivity index (χ1v) is 5.13. The number of imide groups is 1. The first-order valence-electron chi connectivity index (χ1n) is 4.72. The van der Waals surface area contributed by atoms with Gasteiger partial charge in [0.15, 0.2) is 0 Å². The van der Waals surface area contributed by atoms with E-state index in [0.717, 1.165) is 0 Å². The fourth-order valence-corrected chi connectivity index (χ4v) is 1.90. The molecular formula is C9H14N2O2S. The number of nitrogens with two attached hydrogens (primary N) is 1. The van der Waals surface area contributed by atoms with Gasteiger partial charge in [0, 0.05) is 12.8 Å². The maximum absolute atomic E-state index is 11.5. The van der Waals surface area contributed by atoms with Crippen LogP contribution in [0.3, 0.4) is 0 Å². The average molecular weight is 214 g/mol. The van der Waals surface area contributed by atoms with Crippen molar-refractivity contribution in [1.29, 1.82) is 0 Å². The molecule has 2 N–H and O–H groups in total. The van der Waals surface area contributed by atoms with Gasteiger partial charge in [-0.2, -0.15) is 0 Å². The highest BCUT2D eigenvalue weighted by molar-refractivity contribution is 7.80. The normalized spacial score (nSPS) is 19.6. The molecule has 78 valence electrons. The molecule has 1 unspecified atom stereocenters. The van der Waals surface area contributed by atoms with Gasteiger partial charge in [-0.3, -0.25) is 14.5 Å². The Labute approximate surface area is 88.4 Å². The van der Waals surface area contributed by atoms with Crippen LogP contribution in [0, 0.1) is 0 Å². The summed E-state index contributed by atoms with van der Waals surface area (Å²) in [5, 5.41) is 0. The second-order valence-electron chi connectivity index (χ2n) is 3.34. The van der Waals surface area contributed by atoms with Crippen LogP contribution in [0.1, 0.15) is 32.6 Å². The molecule has 14 heavy (non-hydrogen) atoms. The summed E-state index contributed by atoms with van der Waals surface area (Å²) in [4.78, 5) is 24.4. The van der Waals surface area contributed by atoms with Crippen LogP contribution in [0.25, 0.3) is 0 Å². The first-order chi connectivity index (χ1) is 6.57. The fraction of sp³-hybridized carbons (Fsp3) is 0.667. The second kappa shape index (κ2) is 4.50. The zero-order valence-electron chi connectivity index (χ0n) is 8.16. The number of hydrogen-bond acceptors (Lipinski definition) is 3. The Balaban J connectivity index is 2.85. The summed E-state index contributed by atoms with van der Waals surface area (Å²) in [7, 11) is 0. The molecule has 0 aliphatic carbocycles. The molecule has 0 bridgehead atoms. The third kappa shape index (κ3) is 2.09. The van der Waals surface area contributed by atoms with Crippen LogP contribution in [0.2, 0.25) is 0 Å². The first kappa shape index (κ1) is 11.1. The van der Waals surface area contributed by atoms with Crippen molar-refractivity contribution in [3.05, 3.63) is 0 Å². The van der Waals surface area contributed by atoms with Gasteiger partial charge in [-0.15, -0.1) is 0 Å². The smallest absolute Gasteiger partial charge is 0.229 e. The average Bonchev–Trinajstić information content (AvgIpc) is 2.10. The number of likely N-dealkylation sites (tertiary alicyclic amines) is 1. The number of thiocarbonyl (C=S) groups is 1. The van der Waals surface area contributed by atoms with Gasteiger partial charge in [-0.05, 0) is 12.8 Å². The minimum Gasteiger partial charge on any atom is -0.392 e. The van der Waals surface area contributed by atoms with Gasteiger partial charge in [0.25, 0.3) is 0 Å². The van der Waals surface area contributed by atoms with Crippen LogP contribution in [0.4, 0.5) is 0 Å². The molecule has 1 aliphatic heterocycles. The van der Waals surface area contributed by atoms with E-state index >= 15 is 0 Å². The highest BCUT2D eigenvalue weighted by atomic mass is 32.1. The van der Waals surface area contributed by atoms with Gasteiger partial charge in [-0.25, -0.2) is 0 Å². The Morgan fingerprint density at radius 3 is 2.36 bits per heavy atom. The standard InChI is InChI=1S/C9H14N2O2S/c1-2-6(9(10)14)11-7(12)4-3-5-8(11)13/h6H,2-5H2,1H3,(H2,10,14). The number of nitrogens with zero attached hydrogens (tertiary/aromatic N) is 1. The molecule has 0 aromatic carbocycles. The molecule has 1 atom stereocenters. The van der Waals surface area contributed by atoms with E-state index in [1.54, 1.807) is 0 Å². The molecule has 2 amide bonds. The van der Waals surface area contributed by atoms with Crippen LogP contribution in [-0.2, 0) is 9.59 Å². The Hall–Kier alpha value is -0.970. The van der Waals surface area contributed by atoms with Crippen molar-refractivity contribution < 1.29 is 9.59 Å². The van der Waals surface area contributed by atoms with Crippen molar-refractivity contribution in [3.8, 4) is 0 Å². The molecule has 1 heterocycles. The van der Waals surface area contributed by atoms with Crippen LogP contribution in [-0.4, -0.2) is 27.7 Å². The molecule has 1 rings (SSSR count). The van der Waals surface area contributed by atoms with Crippen molar-refractivity contribution in [3.63, 3.8) is 0 Å². The molecule has 0 aromatic heterocycles. The summed E-state index contributed by atoms with van der Waals surface area (Å²) < 4.78 is 0. The number of amides is 2. The molecule has 5 heteroatoms. The molecule has 1 aliphatic rings. The fourth-order valence-electron chi connectivity index (χ4n) is 1.63. The predicted molar refractivity (Wildman–Crippen MR) is 56.6 cm³/mol. The van der Waals surface area contributed by atoms with E-state index in [9.17, 15) is 9.59 Å². The number of carbonyl (C=O) groups is 2. The maximum Gasteiger partial charge on any atom is 0.229 e. The third-order valence-electron chi connectivity index (χ3n) is 2.35. The van der Waals surface area contributed by atoms with E-state index in [1.807, 2.05) is 6.92 Å². The molecule has 0 aromatic rings. The van der Waals surface area contributed by atoms with Crippen molar-refractivity contribution >= 4 is 29.0 Å². The summed E-state index contributed by atoms with van der Waals surface area (Å²) in [5.41, 5.74) is 5.49. The molecule has 0 spiro atoms. The molecule has 4 nitrogen and oxygen atoms in total. The van der Waals surface area contributed by atoms with E-state index in [4.69, 9.17) is 18.0 Å². The second-order valence-corrected chi connectivity index (χ2v) is 3.81. The summed E-state index contributed by atoms with van der Waals surface area (Å²) in [6.07, 6.45) is 2.07. The lowest BCUT2D eigenvalue weighted by Gasteiger charge is -2.31. The zero-order valence-corrected chi connectivity index (χ0v) is 8.97. The summed E-state index contributed by atoms with van der Waals surface area (Å²) >= 11 is 4.83. The number of piperidine rings is 1. The SMILES string of the molecule is CCC(C(N)=S)N1C(=O)CCCC1=O. The number of hydrogen-bond donors (Lipinski definition) is 1. The Bertz CT molecular complexity index is 262. The summed E-state index contributed by atoms with van der Waals surface area (Å²) in [6, 6.07) is -0.398. The molecule has 1 saturated heterocycles. The van der Waals surface area contributed by atoms with E-state index < -0.39 is 6.04 Å². The minimum atomic E-state index is -0.398. The molecule has 0 saturated carbocycles. The minimum absolute atomic E-state index is 0.152. The van der Waals surface area contributed by atoms with Crippen molar-refractivity contribution in [2.75, 3.05) is 0 Å². The van der Waals surface area contributed by atoms with Gasteiger partial charge in [0.1, 0.15) is 0 Å². The van der Waals surface area contributed by atoms with Gasteiger partial charge in [-0.1, -0.05) is 19.1 Å². The Kier molecular flexibility index (Phi) is 3.57. The third-order valence-corrected chi connectivity index (χ3v) is 2.62. The van der Waals surface area contributed by atoms with Crippen molar-refractivity contribution in [2.24, 2.45) is 5.73 Å². The van der Waals surface area contributed by atoms with Gasteiger partial charge >= 0.3 is 0 Å². The predicted octanol–water partition coefficient (Wildman–Crippen LogP) is 0.590.